The SMILES string of the molecule is CC(C)CN1C(N)=NCC1(C)c1ccc(OC(F)F)cc1. The molecule has 0 saturated heterocycles. The quantitative estimate of drug-likeness (QED) is 0.909. The monoisotopic (exact) mass is 297 g/mol. The minimum absolute atomic E-state index is 0.152. The molecule has 1 aliphatic heterocycles. The van der Waals surface area contributed by atoms with E-state index in [2.05, 4.69) is 35.4 Å². The number of alkyl halides is 2. The highest BCUT2D eigenvalue weighted by Crippen LogP contribution is 2.34. The first-order valence-electron chi connectivity index (χ1n) is 6.96. The summed E-state index contributed by atoms with van der Waals surface area (Å²) in [7, 11) is 0. The van der Waals surface area contributed by atoms with Crippen LogP contribution < -0.4 is 10.5 Å². The molecule has 0 saturated carbocycles. The molecule has 1 unspecified atom stereocenters. The molecule has 21 heavy (non-hydrogen) atoms. The molecule has 0 aromatic heterocycles. The van der Waals surface area contributed by atoms with Crippen LogP contribution in [0.3, 0.4) is 0 Å². The van der Waals surface area contributed by atoms with Crippen molar-refractivity contribution < 1.29 is 13.5 Å². The van der Waals surface area contributed by atoms with E-state index in [1.54, 1.807) is 24.3 Å². The van der Waals surface area contributed by atoms with Crippen molar-refractivity contribution in [3.05, 3.63) is 29.8 Å². The fourth-order valence-electron chi connectivity index (χ4n) is 2.56. The molecule has 0 radical (unpaired) electrons. The first-order valence-corrected chi connectivity index (χ1v) is 6.96. The lowest BCUT2D eigenvalue weighted by atomic mass is 9.90. The standard InChI is InChI=1S/C15H21F2N3O/c1-10(2)8-20-14(18)19-9-15(20,3)11-4-6-12(7-5-11)21-13(16)17/h4-7,10,13H,8-9H2,1-3H3,(H2,18,19). The topological polar surface area (TPSA) is 50.8 Å². The fourth-order valence-corrected chi connectivity index (χ4v) is 2.56. The Labute approximate surface area is 123 Å². The van der Waals surface area contributed by atoms with Gasteiger partial charge in [-0.15, -0.1) is 0 Å². The van der Waals surface area contributed by atoms with Gasteiger partial charge >= 0.3 is 6.61 Å². The zero-order chi connectivity index (χ0) is 15.6. The average Bonchev–Trinajstić information content (AvgIpc) is 2.68. The Bertz CT molecular complexity index is 516. The molecule has 0 bridgehead atoms. The van der Waals surface area contributed by atoms with Gasteiger partial charge in [-0.2, -0.15) is 8.78 Å². The van der Waals surface area contributed by atoms with E-state index >= 15 is 0 Å². The van der Waals surface area contributed by atoms with E-state index in [1.807, 2.05) is 0 Å². The highest BCUT2D eigenvalue weighted by Gasteiger charge is 2.39. The highest BCUT2D eigenvalue weighted by molar-refractivity contribution is 5.81. The van der Waals surface area contributed by atoms with Crippen LogP contribution in [0, 0.1) is 5.92 Å². The molecule has 1 aliphatic rings. The molecule has 0 spiro atoms. The third-order valence-corrected chi connectivity index (χ3v) is 3.67. The number of ether oxygens (including phenoxy) is 1. The first-order chi connectivity index (χ1) is 9.83. The number of benzene rings is 1. The number of hydrogen-bond donors (Lipinski definition) is 1. The Morgan fingerprint density at radius 2 is 1.95 bits per heavy atom. The van der Waals surface area contributed by atoms with Crippen molar-refractivity contribution in [1.82, 2.24) is 4.90 Å². The van der Waals surface area contributed by atoms with Gasteiger partial charge in [-0.05, 0) is 30.5 Å². The molecule has 0 fully saturated rings. The normalized spacial score (nSPS) is 22.0. The molecule has 0 amide bonds. The number of nitrogens with two attached hydrogens (primary N) is 1. The lowest BCUT2D eigenvalue weighted by Gasteiger charge is -2.37. The van der Waals surface area contributed by atoms with Crippen molar-refractivity contribution in [2.75, 3.05) is 13.1 Å². The molecule has 1 aromatic carbocycles. The lowest BCUT2D eigenvalue weighted by Crippen LogP contribution is -2.48. The summed E-state index contributed by atoms with van der Waals surface area (Å²) in [6.45, 7) is 4.83. The summed E-state index contributed by atoms with van der Waals surface area (Å²) >= 11 is 0. The van der Waals surface area contributed by atoms with E-state index in [0.717, 1.165) is 12.1 Å². The second-order valence-corrected chi connectivity index (χ2v) is 5.86. The predicted molar refractivity (Wildman–Crippen MR) is 78.5 cm³/mol. The molecule has 0 aliphatic carbocycles. The summed E-state index contributed by atoms with van der Waals surface area (Å²) in [4.78, 5) is 6.41. The molecule has 116 valence electrons. The van der Waals surface area contributed by atoms with Crippen LogP contribution in [-0.2, 0) is 5.54 Å². The van der Waals surface area contributed by atoms with Gasteiger partial charge in [0.15, 0.2) is 5.96 Å². The molecule has 6 heteroatoms. The smallest absolute Gasteiger partial charge is 0.387 e. The summed E-state index contributed by atoms with van der Waals surface area (Å²) in [5.41, 5.74) is 6.62. The van der Waals surface area contributed by atoms with Crippen molar-refractivity contribution in [2.45, 2.75) is 32.9 Å². The average molecular weight is 297 g/mol. The van der Waals surface area contributed by atoms with Gasteiger partial charge in [-0.1, -0.05) is 26.0 Å². The van der Waals surface area contributed by atoms with Gasteiger partial charge < -0.3 is 15.4 Å². The summed E-state index contributed by atoms with van der Waals surface area (Å²) in [6, 6.07) is 6.68. The van der Waals surface area contributed by atoms with E-state index in [4.69, 9.17) is 5.73 Å². The van der Waals surface area contributed by atoms with Crippen molar-refractivity contribution >= 4 is 5.96 Å². The summed E-state index contributed by atoms with van der Waals surface area (Å²) in [5, 5.41) is 0. The van der Waals surface area contributed by atoms with Crippen LogP contribution in [-0.4, -0.2) is 30.6 Å². The molecular weight excluding hydrogens is 276 g/mol. The van der Waals surface area contributed by atoms with Crippen LogP contribution in [0.5, 0.6) is 5.75 Å². The van der Waals surface area contributed by atoms with E-state index in [-0.39, 0.29) is 11.3 Å². The third-order valence-electron chi connectivity index (χ3n) is 3.67. The maximum absolute atomic E-state index is 12.2. The number of aliphatic imine (C=N–C) groups is 1. The predicted octanol–water partition coefficient (Wildman–Crippen LogP) is 2.79. The first kappa shape index (κ1) is 15.5. The molecule has 1 aromatic rings. The number of halogens is 2. The molecule has 4 nitrogen and oxygen atoms in total. The van der Waals surface area contributed by atoms with Crippen LogP contribution in [0.25, 0.3) is 0 Å². The van der Waals surface area contributed by atoms with E-state index in [0.29, 0.717) is 18.4 Å². The second kappa shape index (κ2) is 5.87. The number of nitrogens with zero attached hydrogens (tertiary/aromatic N) is 2. The van der Waals surface area contributed by atoms with Crippen LogP contribution >= 0.6 is 0 Å². The van der Waals surface area contributed by atoms with Crippen LogP contribution in [0.15, 0.2) is 29.3 Å². The molecule has 2 rings (SSSR count). The number of rotatable bonds is 5. The summed E-state index contributed by atoms with van der Waals surface area (Å²) < 4.78 is 28.8. The fraction of sp³-hybridized carbons (Fsp3) is 0.533. The van der Waals surface area contributed by atoms with Gasteiger partial charge in [-0.25, -0.2) is 0 Å². The Morgan fingerprint density at radius 1 is 1.33 bits per heavy atom. The lowest BCUT2D eigenvalue weighted by molar-refractivity contribution is -0.0498. The van der Waals surface area contributed by atoms with Gasteiger partial charge in [-0.3, -0.25) is 4.99 Å². The molecular formula is C15H21F2N3O. The van der Waals surface area contributed by atoms with Gasteiger partial charge in [0.2, 0.25) is 0 Å². The minimum Gasteiger partial charge on any atom is -0.435 e. The van der Waals surface area contributed by atoms with Crippen molar-refractivity contribution in [2.24, 2.45) is 16.6 Å². The summed E-state index contributed by atoms with van der Waals surface area (Å²) in [6.07, 6.45) is 0. The Morgan fingerprint density at radius 3 is 2.48 bits per heavy atom. The van der Waals surface area contributed by atoms with Gasteiger partial charge in [0.25, 0.3) is 0 Å². The maximum Gasteiger partial charge on any atom is 0.387 e. The van der Waals surface area contributed by atoms with Gasteiger partial charge in [0.1, 0.15) is 5.75 Å². The Hall–Kier alpha value is -1.85. The summed E-state index contributed by atoms with van der Waals surface area (Å²) in [5.74, 6) is 1.12. The van der Waals surface area contributed by atoms with Gasteiger partial charge in [0.05, 0.1) is 12.1 Å². The third kappa shape index (κ3) is 3.25. The van der Waals surface area contributed by atoms with Crippen molar-refractivity contribution in [1.29, 1.82) is 0 Å². The van der Waals surface area contributed by atoms with Crippen molar-refractivity contribution in [3.8, 4) is 5.75 Å². The van der Waals surface area contributed by atoms with Crippen LogP contribution in [0.4, 0.5) is 8.78 Å². The van der Waals surface area contributed by atoms with Gasteiger partial charge in [0, 0.05) is 6.54 Å². The number of hydrogen-bond acceptors (Lipinski definition) is 4. The highest BCUT2D eigenvalue weighted by atomic mass is 19.3. The minimum atomic E-state index is -2.81. The Balaban J connectivity index is 2.22. The molecule has 2 N–H and O–H groups in total. The van der Waals surface area contributed by atoms with E-state index in [1.165, 1.54) is 0 Å². The zero-order valence-electron chi connectivity index (χ0n) is 12.5. The number of guanidine groups is 1. The molecule has 1 heterocycles. The molecule has 1 atom stereocenters. The largest absolute Gasteiger partial charge is 0.435 e. The second-order valence-electron chi connectivity index (χ2n) is 5.86. The maximum atomic E-state index is 12.2. The van der Waals surface area contributed by atoms with Crippen LogP contribution in [0.2, 0.25) is 0 Å². The van der Waals surface area contributed by atoms with E-state index in [9.17, 15) is 8.78 Å². The zero-order valence-corrected chi connectivity index (χ0v) is 12.5. The Kier molecular flexibility index (Phi) is 4.34. The van der Waals surface area contributed by atoms with E-state index < -0.39 is 6.61 Å². The van der Waals surface area contributed by atoms with Crippen molar-refractivity contribution in [3.63, 3.8) is 0 Å². The van der Waals surface area contributed by atoms with Crippen LogP contribution in [0.1, 0.15) is 26.3 Å².